The van der Waals surface area contributed by atoms with Crippen LogP contribution in [0.3, 0.4) is 0 Å². The van der Waals surface area contributed by atoms with E-state index in [1.807, 2.05) is 79.0 Å². The molecule has 0 aliphatic rings. The van der Waals surface area contributed by atoms with Crippen LogP contribution in [0.5, 0.6) is 0 Å². The molecule has 1 heterocycles. The normalized spacial score (nSPS) is 12.7. The molecule has 1 aromatic heterocycles. The number of aliphatic carboxylic acids is 1. The number of benzene rings is 2. The number of hydrogen-bond donors (Lipinski definition) is 5. The second-order valence-corrected chi connectivity index (χ2v) is 9.36. The van der Waals surface area contributed by atoms with Gasteiger partial charge in [0.05, 0.1) is 23.0 Å². The predicted octanol–water partition coefficient (Wildman–Crippen LogP) is 3.41. The molecular weight excluding hydrogens is 472 g/mol. The maximum absolute atomic E-state index is 12.8. The van der Waals surface area contributed by atoms with E-state index in [2.05, 4.69) is 10.3 Å². The van der Waals surface area contributed by atoms with Crippen molar-refractivity contribution in [3.05, 3.63) is 93.7 Å². The van der Waals surface area contributed by atoms with Gasteiger partial charge in [-0.2, -0.15) is 0 Å². The Bertz CT molecular complexity index is 1230. The number of aryl methyl sites for hydroxylation is 1. The summed E-state index contributed by atoms with van der Waals surface area (Å²) in [6.45, 7) is 2.00. The third kappa shape index (κ3) is 8.02. The average Bonchev–Trinajstić information content (AvgIpc) is 3.40. The molecule has 36 heavy (non-hydrogen) atoms. The summed E-state index contributed by atoms with van der Waals surface area (Å²) in [5.74, 6) is -1.23. The first-order chi connectivity index (χ1) is 17.3. The van der Waals surface area contributed by atoms with E-state index in [1.54, 1.807) is 6.21 Å². The molecule has 0 fully saturated rings. The highest BCUT2D eigenvalue weighted by Gasteiger charge is 2.24. The van der Waals surface area contributed by atoms with Gasteiger partial charge in [0.25, 0.3) is 0 Å². The maximum Gasteiger partial charge on any atom is 0.303 e. The zero-order chi connectivity index (χ0) is 25.9. The van der Waals surface area contributed by atoms with Crippen LogP contribution in [0.25, 0.3) is 5.70 Å². The Labute approximate surface area is 214 Å². The monoisotopic (exact) mass is 503 g/mol. The van der Waals surface area contributed by atoms with Crippen molar-refractivity contribution >= 4 is 46.5 Å². The Kier molecular flexibility index (Phi) is 9.71. The number of carboxylic acids is 1. The van der Waals surface area contributed by atoms with Gasteiger partial charge in [0.15, 0.2) is 6.21 Å². The van der Waals surface area contributed by atoms with Crippen LogP contribution in [0, 0.1) is 12.3 Å². The first-order valence-corrected chi connectivity index (χ1v) is 12.6. The number of rotatable bonds is 12. The van der Waals surface area contributed by atoms with Crippen molar-refractivity contribution in [1.82, 2.24) is 5.32 Å². The first-order valence-electron chi connectivity index (χ1n) is 11.7. The second-order valence-electron chi connectivity index (χ2n) is 8.42. The summed E-state index contributed by atoms with van der Waals surface area (Å²) in [5, 5.41) is 22.5. The second kappa shape index (κ2) is 13.2. The van der Waals surface area contributed by atoms with E-state index < -0.39 is 12.0 Å². The number of hydrogen-bond acceptors (Lipinski definition) is 5. The van der Waals surface area contributed by atoms with Crippen molar-refractivity contribution in [1.29, 1.82) is 5.41 Å². The molecule has 1 unspecified atom stereocenters. The first kappa shape index (κ1) is 26.6. The molecule has 7 nitrogen and oxygen atoms in total. The van der Waals surface area contributed by atoms with Crippen LogP contribution in [0.2, 0.25) is 0 Å². The van der Waals surface area contributed by atoms with Gasteiger partial charge in [0, 0.05) is 36.3 Å². The molecule has 1 atom stereocenters. The summed E-state index contributed by atoms with van der Waals surface area (Å²) in [6, 6.07) is 20.5. The number of thiophene rings is 1. The highest BCUT2D eigenvalue weighted by Crippen LogP contribution is 2.20. The van der Waals surface area contributed by atoms with Gasteiger partial charge in [-0.3, -0.25) is 9.59 Å². The molecular formula is C28H31N4O3S+. The van der Waals surface area contributed by atoms with E-state index in [1.165, 1.54) is 11.3 Å². The molecule has 2 aromatic carbocycles. The van der Waals surface area contributed by atoms with E-state index in [4.69, 9.17) is 16.2 Å². The SMILES string of the molecule is Cc1ccc(C(N)=C(C=[NH+]c2ccccc2)C(CC(=N)c2cccs2)NC(=O)CCCC(=O)O)cc1. The Balaban J connectivity index is 2.00. The molecule has 0 saturated carbocycles. The quantitative estimate of drug-likeness (QED) is 0.243. The molecule has 0 aliphatic carbocycles. The summed E-state index contributed by atoms with van der Waals surface area (Å²) in [6.07, 6.45) is 2.21. The van der Waals surface area contributed by atoms with E-state index in [9.17, 15) is 9.59 Å². The van der Waals surface area contributed by atoms with Crippen molar-refractivity contribution < 1.29 is 19.7 Å². The van der Waals surface area contributed by atoms with Gasteiger partial charge < -0.3 is 21.6 Å². The fraction of sp³-hybridized carbons (Fsp3) is 0.214. The molecule has 6 N–H and O–H groups in total. The van der Waals surface area contributed by atoms with Crippen LogP contribution >= 0.6 is 11.3 Å². The number of nitrogens with two attached hydrogens (primary N) is 1. The minimum atomic E-state index is -0.941. The molecule has 3 aromatic rings. The van der Waals surface area contributed by atoms with E-state index in [0.29, 0.717) is 17.0 Å². The minimum absolute atomic E-state index is 0.0684. The lowest BCUT2D eigenvalue weighted by Gasteiger charge is -2.21. The number of carboxylic acid groups (broad SMARTS) is 1. The summed E-state index contributed by atoms with van der Waals surface area (Å²) < 4.78 is 0. The van der Waals surface area contributed by atoms with E-state index in [0.717, 1.165) is 21.7 Å². The Morgan fingerprint density at radius 3 is 2.44 bits per heavy atom. The lowest BCUT2D eigenvalue weighted by Crippen LogP contribution is -2.63. The fourth-order valence-corrected chi connectivity index (χ4v) is 4.31. The van der Waals surface area contributed by atoms with Crippen LogP contribution in [0.15, 0.2) is 77.7 Å². The number of nitrogens with one attached hydrogen (secondary N) is 3. The highest BCUT2D eigenvalue weighted by atomic mass is 32.1. The highest BCUT2D eigenvalue weighted by molar-refractivity contribution is 7.12. The van der Waals surface area contributed by atoms with E-state index >= 15 is 0 Å². The molecule has 0 radical (unpaired) electrons. The Morgan fingerprint density at radius 1 is 1.08 bits per heavy atom. The van der Waals surface area contributed by atoms with Crippen molar-refractivity contribution in [3.8, 4) is 0 Å². The van der Waals surface area contributed by atoms with E-state index in [-0.39, 0.29) is 31.6 Å². The Morgan fingerprint density at radius 2 is 1.81 bits per heavy atom. The molecule has 0 bridgehead atoms. The lowest BCUT2D eigenvalue weighted by atomic mass is 9.95. The molecule has 0 spiro atoms. The topological polar surface area (TPSA) is 130 Å². The largest absolute Gasteiger partial charge is 0.481 e. The van der Waals surface area contributed by atoms with Crippen molar-refractivity contribution in [2.24, 2.45) is 5.73 Å². The lowest BCUT2D eigenvalue weighted by molar-refractivity contribution is -0.347. The molecule has 0 aliphatic heterocycles. The zero-order valence-electron chi connectivity index (χ0n) is 20.2. The summed E-state index contributed by atoms with van der Waals surface area (Å²) in [7, 11) is 0. The van der Waals surface area contributed by atoms with Gasteiger partial charge in [-0.25, -0.2) is 4.99 Å². The van der Waals surface area contributed by atoms with Crippen molar-refractivity contribution in [2.45, 2.75) is 38.6 Å². The minimum Gasteiger partial charge on any atom is -0.481 e. The third-order valence-electron chi connectivity index (χ3n) is 5.57. The predicted molar refractivity (Wildman–Crippen MR) is 145 cm³/mol. The summed E-state index contributed by atoms with van der Waals surface area (Å²) in [5.41, 5.74) is 10.9. The number of carbonyl (C=O) groups is 2. The van der Waals surface area contributed by atoms with Crippen LogP contribution in [-0.2, 0) is 9.59 Å². The molecule has 1 amide bonds. The molecule has 8 heteroatoms. The van der Waals surface area contributed by atoms with Gasteiger partial charge in [-0.1, -0.05) is 54.1 Å². The van der Waals surface area contributed by atoms with Gasteiger partial charge in [0.2, 0.25) is 11.6 Å². The zero-order valence-corrected chi connectivity index (χ0v) is 21.0. The number of amides is 1. The fourth-order valence-electron chi connectivity index (χ4n) is 3.62. The number of carbonyl (C=O) groups excluding carboxylic acids is 1. The standard InChI is InChI=1S/C28H30N4O3S/c1-19-12-14-20(15-13-19)28(30)22(18-31-21-7-3-2-4-8-21)24(17-23(29)25-9-6-16-36-25)32-26(33)10-5-11-27(34)35/h2-4,6-9,12-16,18,24,29H,5,10-11,17,30H2,1H3,(H,32,33)(H,34,35)/p+1. The van der Waals surface area contributed by atoms with Gasteiger partial charge in [-0.05, 0) is 30.4 Å². The van der Waals surface area contributed by atoms with Crippen LogP contribution in [-0.4, -0.2) is 35.0 Å². The van der Waals surface area contributed by atoms with Gasteiger partial charge in [-0.15, -0.1) is 11.3 Å². The smallest absolute Gasteiger partial charge is 0.303 e. The van der Waals surface area contributed by atoms with Gasteiger partial charge >= 0.3 is 5.97 Å². The van der Waals surface area contributed by atoms with Crippen molar-refractivity contribution in [3.63, 3.8) is 0 Å². The van der Waals surface area contributed by atoms with Crippen LogP contribution in [0.1, 0.15) is 41.7 Å². The average molecular weight is 504 g/mol. The van der Waals surface area contributed by atoms with Gasteiger partial charge in [0.1, 0.15) is 0 Å². The maximum atomic E-state index is 12.8. The summed E-state index contributed by atoms with van der Waals surface area (Å²) in [4.78, 5) is 27.8. The van der Waals surface area contributed by atoms with Crippen molar-refractivity contribution in [2.75, 3.05) is 0 Å². The van der Waals surface area contributed by atoms with Crippen LogP contribution in [0.4, 0.5) is 5.69 Å². The van der Waals surface area contributed by atoms with Crippen LogP contribution < -0.4 is 16.0 Å². The third-order valence-corrected chi connectivity index (χ3v) is 6.50. The number of para-hydroxylation sites is 1. The molecule has 3 rings (SSSR count). The molecule has 186 valence electrons. The summed E-state index contributed by atoms with van der Waals surface area (Å²) >= 11 is 1.46. The Hall–Kier alpha value is -4.04. The molecule has 0 saturated heterocycles.